The van der Waals surface area contributed by atoms with Gasteiger partial charge < -0.3 is 4.98 Å². The summed E-state index contributed by atoms with van der Waals surface area (Å²) in [5, 5.41) is 5.93. The summed E-state index contributed by atoms with van der Waals surface area (Å²) in [6, 6.07) is 14.6. The number of carbonyl (C=O) groups excluding carboxylic acids is 2. The van der Waals surface area contributed by atoms with Crippen molar-refractivity contribution in [2.24, 2.45) is 5.10 Å². The Balaban J connectivity index is 1.75. The second kappa shape index (κ2) is 4.66. The molecule has 1 aliphatic rings. The first-order valence-electron chi connectivity index (χ1n) is 6.84. The number of H-pyrrole nitrogens is 1. The Hall–Kier alpha value is -3.21. The smallest absolute Gasteiger partial charge is 0.287 e. The number of Topliss-reactive ketones (excluding diaryl/α,β-unsaturated/α-hetero) is 1. The van der Waals surface area contributed by atoms with E-state index >= 15 is 0 Å². The van der Waals surface area contributed by atoms with E-state index in [9.17, 15) is 9.59 Å². The van der Waals surface area contributed by atoms with Crippen LogP contribution in [0.2, 0.25) is 0 Å². The summed E-state index contributed by atoms with van der Waals surface area (Å²) < 4.78 is 0. The number of ketones is 1. The molecule has 3 aromatic rings. The van der Waals surface area contributed by atoms with Gasteiger partial charge in [0.2, 0.25) is 5.78 Å². The van der Waals surface area contributed by atoms with Gasteiger partial charge in [-0.15, -0.1) is 0 Å². The maximum absolute atomic E-state index is 12.5. The fourth-order valence-corrected chi connectivity index (χ4v) is 2.73. The average Bonchev–Trinajstić information content (AvgIpc) is 3.16. The number of hydrogen-bond donors (Lipinski definition) is 2. The van der Waals surface area contributed by atoms with Crippen molar-refractivity contribution in [3.63, 3.8) is 0 Å². The number of hydrogen-bond acceptors (Lipinski definition) is 3. The molecule has 5 nitrogen and oxygen atoms in total. The molecule has 4 rings (SSSR count). The van der Waals surface area contributed by atoms with Gasteiger partial charge in [0.15, 0.2) is 0 Å². The van der Waals surface area contributed by atoms with E-state index in [2.05, 4.69) is 15.5 Å². The molecule has 1 aromatic heterocycles. The van der Waals surface area contributed by atoms with E-state index in [4.69, 9.17) is 0 Å². The first kappa shape index (κ1) is 12.5. The minimum atomic E-state index is -0.381. The lowest BCUT2D eigenvalue weighted by Crippen LogP contribution is -2.22. The molecular weight excluding hydrogens is 278 g/mol. The lowest BCUT2D eigenvalue weighted by atomic mass is 10.1. The molecule has 0 radical (unpaired) electrons. The van der Waals surface area contributed by atoms with E-state index in [1.807, 2.05) is 30.3 Å². The predicted octanol–water partition coefficient (Wildman–Crippen LogP) is 2.50. The van der Waals surface area contributed by atoms with Crippen LogP contribution in [-0.4, -0.2) is 22.4 Å². The average molecular weight is 289 g/mol. The van der Waals surface area contributed by atoms with Gasteiger partial charge in [0.25, 0.3) is 5.91 Å². The van der Waals surface area contributed by atoms with Gasteiger partial charge in [0.05, 0.1) is 0 Å². The number of hydrazone groups is 1. The molecule has 0 saturated carbocycles. The molecule has 0 spiro atoms. The number of carbonyl (C=O) groups is 2. The van der Waals surface area contributed by atoms with Crippen LogP contribution in [0.5, 0.6) is 0 Å². The van der Waals surface area contributed by atoms with Crippen molar-refractivity contribution in [1.29, 1.82) is 0 Å². The maximum Gasteiger partial charge on any atom is 0.287 e. The highest BCUT2D eigenvalue weighted by molar-refractivity contribution is 6.59. The lowest BCUT2D eigenvalue weighted by molar-refractivity contribution is 0.0950. The van der Waals surface area contributed by atoms with E-state index in [-0.39, 0.29) is 17.4 Å². The molecule has 2 aromatic carbocycles. The molecule has 0 saturated heterocycles. The summed E-state index contributed by atoms with van der Waals surface area (Å²) in [4.78, 5) is 27.2. The van der Waals surface area contributed by atoms with Crippen LogP contribution in [-0.2, 0) is 0 Å². The number of aromatic nitrogens is 1. The molecule has 0 unspecified atom stereocenters. The van der Waals surface area contributed by atoms with E-state index in [0.717, 1.165) is 16.3 Å². The SMILES string of the molecule is O=C(N/N=C1\C(=O)c2cccc3cccc1c23)c1ccc[nH]1. The third-order valence-electron chi connectivity index (χ3n) is 3.73. The zero-order chi connectivity index (χ0) is 15.1. The van der Waals surface area contributed by atoms with Crippen LogP contribution < -0.4 is 5.43 Å². The fourth-order valence-electron chi connectivity index (χ4n) is 2.73. The zero-order valence-corrected chi connectivity index (χ0v) is 11.5. The maximum atomic E-state index is 12.5. The third kappa shape index (κ3) is 1.76. The van der Waals surface area contributed by atoms with E-state index in [1.165, 1.54) is 0 Å². The zero-order valence-electron chi connectivity index (χ0n) is 11.5. The molecule has 22 heavy (non-hydrogen) atoms. The first-order chi connectivity index (χ1) is 10.8. The molecule has 106 valence electrons. The van der Waals surface area contributed by atoms with Gasteiger partial charge in [-0.25, -0.2) is 5.43 Å². The minimum absolute atomic E-state index is 0.168. The van der Waals surface area contributed by atoms with Gasteiger partial charge in [-0.2, -0.15) is 5.10 Å². The summed E-state index contributed by atoms with van der Waals surface area (Å²) in [7, 11) is 0. The summed E-state index contributed by atoms with van der Waals surface area (Å²) >= 11 is 0. The van der Waals surface area contributed by atoms with E-state index < -0.39 is 0 Å². The number of aromatic amines is 1. The molecular formula is C17H11N3O2. The van der Waals surface area contributed by atoms with Crippen molar-refractivity contribution >= 4 is 28.2 Å². The molecule has 0 atom stereocenters. The van der Waals surface area contributed by atoms with E-state index in [1.54, 1.807) is 24.4 Å². The molecule has 0 aliphatic heterocycles. The highest BCUT2D eigenvalue weighted by Crippen LogP contribution is 2.30. The van der Waals surface area contributed by atoms with Gasteiger partial charge in [-0.1, -0.05) is 36.4 Å². The van der Waals surface area contributed by atoms with Gasteiger partial charge in [-0.05, 0) is 17.5 Å². The van der Waals surface area contributed by atoms with Crippen molar-refractivity contribution in [2.75, 3.05) is 0 Å². The van der Waals surface area contributed by atoms with Gasteiger partial charge in [-0.3, -0.25) is 9.59 Å². The Labute approximate surface area is 125 Å². The Morgan fingerprint density at radius 2 is 1.77 bits per heavy atom. The molecule has 5 heteroatoms. The molecule has 0 bridgehead atoms. The summed E-state index contributed by atoms with van der Waals surface area (Å²) in [5.41, 5.74) is 4.48. The Bertz CT molecular complexity index is 934. The predicted molar refractivity (Wildman–Crippen MR) is 83.1 cm³/mol. The molecule has 1 aliphatic carbocycles. The fraction of sp³-hybridized carbons (Fsp3) is 0. The number of amides is 1. The number of benzene rings is 2. The molecule has 1 heterocycles. The van der Waals surface area contributed by atoms with Crippen LogP contribution in [0, 0.1) is 0 Å². The molecule has 1 amide bonds. The largest absolute Gasteiger partial charge is 0.357 e. The Kier molecular flexibility index (Phi) is 2.66. The topological polar surface area (TPSA) is 74.3 Å². The monoisotopic (exact) mass is 289 g/mol. The van der Waals surface area contributed by atoms with Crippen molar-refractivity contribution in [1.82, 2.24) is 10.4 Å². The number of rotatable bonds is 2. The Morgan fingerprint density at radius 1 is 1.00 bits per heavy atom. The second-order valence-corrected chi connectivity index (χ2v) is 5.02. The molecule has 2 N–H and O–H groups in total. The summed E-state index contributed by atoms with van der Waals surface area (Å²) in [6.07, 6.45) is 1.65. The van der Waals surface area contributed by atoms with Crippen LogP contribution in [0.15, 0.2) is 59.8 Å². The highest BCUT2D eigenvalue weighted by atomic mass is 16.2. The highest BCUT2D eigenvalue weighted by Gasteiger charge is 2.28. The third-order valence-corrected chi connectivity index (χ3v) is 3.73. The van der Waals surface area contributed by atoms with Crippen LogP contribution in [0.1, 0.15) is 26.4 Å². The summed E-state index contributed by atoms with van der Waals surface area (Å²) in [5.74, 6) is -0.549. The second-order valence-electron chi connectivity index (χ2n) is 5.02. The summed E-state index contributed by atoms with van der Waals surface area (Å²) in [6.45, 7) is 0. The van der Waals surface area contributed by atoms with Crippen molar-refractivity contribution < 1.29 is 9.59 Å². The van der Waals surface area contributed by atoms with Gasteiger partial charge in [0, 0.05) is 22.7 Å². The van der Waals surface area contributed by atoms with Crippen molar-refractivity contribution in [3.8, 4) is 0 Å². The number of nitrogens with zero attached hydrogens (tertiary/aromatic N) is 1. The molecule has 0 fully saturated rings. The Morgan fingerprint density at radius 3 is 2.50 bits per heavy atom. The van der Waals surface area contributed by atoms with Gasteiger partial charge in [0.1, 0.15) is 11.4 Å². The number of nitrogens with one attached hydrogen (secondary N) is 2. The van der Waals surface area contributed by atoms with Crippen molar-refractivity contribution in [2.45, 2.75) is 0 Å². The van der Waals surface area contributed by atoms with Crippen LogP contribution in [0.4, 0.5) is 0 Å². The first-order valence-corrected chi connectivity index (χ1v) is 6.84. The normalized spacial score (nSPS) is 14.7. The van der Waals surface area contributed by atoms with Crippen LogP contribution in [0.25, 0.3) is 10.8 Å². The minimum Gasteiger partial charge on any atom is -0.357 e. The van der Waals surface area contributed by atoms with Crippen molar-refractivity contribution in [3.05, 3.63) is 71.5 Å². The van der Waals surface area contributed by atoms with E-state index in [0.29, 0.717) is 11.3 Å². The standard InChI is InChI=1S/C17H11N3O2/c21-16-12-7-2-5-10-4-1-6-11(14(10)12)15(16)19-20-17(22)13-8-3-9-18-13/h1-9,18H,(H,20,22)/b19-15-. The lowest BCUT2D eigenvalue weighted by Gasteiger charge is -2.00. The van der Waals surface area contributed by atoms with Gasteiger partial charge >= 0.3 is 0 Å². The van der Waals surface area contributed by atoms with Crippen LogP contribution >= 0.6 is 0 Å². The quantitative estimate of drug-likeness (QED) is 0.711. The van der Waals surface area contributed by atoms with Crippen LogP contribution in [0.3, 0.4) is 0 Å².